The van der Waals surface area contributed by atoms with E-state index in [0.29, 0.717) is 30.2 Å². The quantitative estimate of drug-likeness (QED) is 0.467. The molecule has 1 amide bonds. The van der Waals surface area contributed by atoms with E-state index < -0.39 is 10.5 Å². The molecule has 2 aromatic carbocycles. The van der Waals surface area contributed by atoms with E-state index in [1.165, 1.54) is 24.3 Å². The van der Waals surface area contributed by atoms with Crippen LogP contribution in [0.4, 0.5) is 11.4 Å². The molecule has 1 saturated carbocycles. The summed E-state index contributed by atoms with van der Waals surface area (Å²) in [5.41, 5.74) is 0.705. The van der Waals surface area contributed by atoms with Gasteiger partial charge in [-0.1, -0.05) is 18.9 Å². The number of ether oxygens (including phenoxy) is 2. The van der Waals surface area contributed by atoms with Crippen LogP contribution < -0.4 is 14.8 Å². The summed E-state index contributed by atoms with van der Waals surface area (Å²) in [5.74, 6) is 1.03. The van der Waals surface area contributed by atoms with Crippen molar-refractivity contribution in [3.05, 3.63) is 58.1 Å². The van der Waals surface area contributed by atoms with E-state index in [4.69, 9.17) is 9.47 Å². The fraction of sp³-hybridized carbons (Fsp3) is 0.480. The van der Waals surface area contributed by atoms with Gasteiger partial charge in [0, 0.05) is 36.3 Å². The molecular formula is C25H31N3O6. The average molecular weight is 470 g/mol. The number of hydrogen-bond acceptors (Lipinski definition) is 7. The molecule has 0 bridgehead atoms. The number of likely N-dealkylation sites (tertiary alicyclic amines) is 1. The minimum atomic E-state index is -0.749. The standard InChI is InChI=1S/C25H31N3O6/c1-33-21-11-6-17(15-22(21)34-2)24-20-5-3-4-12-25(20,30)13-14-27(24)16-23(29)26-18-7-9-19(10-8-18)28(31)32/h6-11,15,20,24,30H,3-5,12-14,16H2,1-2H3,(H,26,29)/t20-,24-,25+/m1/s1. The summed E-state index contributed by atoms with van der Waals surface area (Å²) in [5, 5.41) is 25.2. The van der Waals surface area contributed by atoms with Gasteiger partial charge < -0.3 is 19.9 Å². The Bertz CT molecular complexity index is 1040. The Kier molecular flexibility index (Phi) is 7.04. The van der Waals surface area contributed by atoms with Crippen molar-refractivity contribution in [2.45, 2.75) is 43.7 Å². The number of nitrogens with one attached hydrogen (secondary N) is 1. The second-order valence-electron chi connectivity index (χ2n) is 9.09. The first-order valence-corrected chi connectivity index (χ1v) is 11.6. The van der Waals surface area contributed by atoms with Crippen molar-refractivity contribution in [2.24, 2.45) is 5.92 Å². The molecule has 0 aromatic heterocycles. The van der Waals surface area contributed by atoms with Gasteiger partial charge in [-0.2, -0.15) is 0 Å². The highest BCUT2D eigenvalue weighted by atomic mass is 16.6. The Labute approximate surface area is 198 Å². The molecule has 9 heteroatoms. The van der Waals surface area contributed by atoms with E-state index >= 15 is 0 Å². The molecule has 0 radical (unpaired) electrons. The van der Waals surface area contributed by atoms with Crippen molar-refractivity contribution in [2.75, 3.05) is 32.6 Å². The summed E-state index contributed by atoms with van der Waals surface area (Å²) in [6.45, 7) is 0.724. The predicted octanol–water partition coefficient (Wildman–Crippen LogP) is 3.92. The van der Waals surface area contributed by atoms with Gasteiger partial charge in [-0.25, -0.2) is 0 Å². The van der Waals surface area contributed by atoms with E-state index in [2.05, 4.69) is 10.2 Å². The second-order valence-corrected chi connectivity index (χ2v) is 9.09. The van der Waals surface area contributed by atoms with Crippen molar-refractivity contribution in [3.63, 3.8) is 0 Å². The lowest BCUT2D eigenvalue weighted by Gasteiger charge is -2.52. The number of fused-ring (bicyclic) bond motifs is 1. The van der Waals surface area contributed by atoms with Crippen LogP contribution in [-0.4, -0.2) is 53.7 Å². The number of carbonyl (C=O) groups excluding carboxylic acids is 1. The predicted molar refractivity (Wildman–Crippen MR) is 127 cm³/mol. The topological polar surface area (TPSA) is 114 Å². The molecule has 34 heavy (non-hydrogen) atoms. The zero-order chi connectivity index (χ0) is 24.3. The summed E-state index contributed by atoms with van der Waals surface area (Å²) in [6, 6.07) is 11.4. The lowest BCUT2D eigenvalue weighted by Crippen LogP contribution is -2.56. The number of nitro groups is 1. The van der Waals surface area contributed by atoms with Gasteiger partial charge >= 0.3 is 0 Å². The maximum Gasteiger partial charge on any atom is 0.269 e. The summed E-state index contributed by atoms with van der Waals surface area (Å²) < 4.78 is 10.9. The fourth-order valence-corrected chi connectivity index (χ4v) is 5.45. The van der Waals surface area contributed by atoms with Gasteiger partial charge in [-0.05, 0) is 49.1 Å². The number of rotatable bonds is 7. The third kappa shape index (κ3) is 4.85. The molecule has 9 nitrogen and oxygen atoms in total. The monoisotopic (exact) mass is 469 g/mol. The molecule has 1 aliphatic heterocycles. The molecule has 0 spiro atoms. The van der Waals surface area contributed by atoms with Gasteiger partial charge in [0.2, 0.25) is 5.91 Å². The first-order chi connectivity index (χ1) is 16.3. The molecule has 4 rings (SSSR count). The smallest absolute Gasteiger partial charge is 0.269 e. The van der Waals surface area contributed by atoms with Gasteiger partial charge in [0.05, 0.1) is 31.3 Å². The molecule has 0 unspecified atom stereocenters. The Morgan fingerprint density at radius 3 is 2.56 bits per heavy atom. The van der Waals surface area contributed by atoms with E-state index in [1.54, 1.807) is 14.2 Å². The van der Waals surface area contributed by atoms with E-state index in [9.17, 15) is 20.0 Å². The molecule has 1 saturated heterocycles. The third-order valence-electron chi connectivity index (χ3n) is 7.13. The number of non-ortho nitro benzene ring substituents is 1. The Morgan fingerprint density at radius 2 is 1.88 bits per heavy atom. The summed E-state index contributed by atoms with van der Waals surface area (Å²) >= 11 is 0. The number of benzene rings is 2. The average Bonchev–Trinajstić information content (AvgIpc) is 2.84. The van der Waals surface area contributed by atoms with Gasteiger partial charge in [-0.15, -0.1) is 0 Å². The molecule has 2 N–H and O–H groups in total. The van der Waals surface area contributed by atoms with Crippen LogP contribution in [0.3, 0.4) is 0 Å². The van der Waals surface area contributed by atoms with Gasteiger partial charge in [-0.3, -0.25) is 19.8 Å². The van der Waals surface area contributed by atoms with Crippen LogP contribution in [0.5, 0.6) is 11.5 Å². The van der Waals surface area contributed by atoms with Crippen LogP contribution in [0.15, 0.2) is 42.5 Å². The van der Waals surface area contributed by atoms with Crippen LogP contribution in [0, 0.1) is 16.0 Å². The SMILES string of the molecule is COc1ccc([C@@H]2[C@H]3CCCC[C@]3(O)CCN2CC(=O)Nc2ccc([N+](=O)[O-])cc2)cc1OC. The first kappa shape index (κ1) is 24.0. The Hall–Kier alpha value is -3.17. The number of nitrogens with zero attached hydrogens (tertiary/aromatic N) is 2. The Morgan fingerprint density at radius 1 is 1.15 bits per heavy atom. The molecular weight excluding hydrogens is 438 g/mol. The normalized spacial score (nSPS) is 24.7. The highest BCUT2D eigenvalue weighted by molar-refractivity contribution is 5.92. The van der Waals surface area contributed by atoms with Crippen LogP contribution in [0.2, 0.25) is 0 Å². The zero-order valence-electron chi connectivity index (χ0n) is 19.5. The summed E-state index contributed by atoms with van der Waals surface area (Å²) in [6.07, 6.45) is 4.32. The van der Waals surface area contributed by atoms with Crippen molar-refractivity contribution < 1.29 is 24.3 Å². The highest BCUT2D eigenvalue weighted by Gasteiger charge is 2.49. The van der Waals surface area contributed by atoms with Crippen molar-refractivity contribution >= 4 is 17.3 Å². The van der Waals surface area contributed by atoms with Crippen molar-refractivity contribution in [1.82, 2.24) is 4.90 Å². The van der Waals surface area contributed by atoms with Gasteiger partial charge in [0.25, 0.3) is 5.69 Å². The minimum absolute atomic E-state index is 0.000255. The maximum absolute atomic E-state index is 12.9. The van der Waals surface area contributed by atoms with Crippen LogP contribution in [0.25, 0.3) is 0 Å². The number of amides is 1. The fourth-order valence-electron chi connectivity index (χ4n) is 5.45. The molecule has 3 atom stereocenters. The van der Waals surface area contributed by atoms with Crippen LogP contribution in [-0.2, 0) is 4.79 Å². The van der Waals surface area contributed by atoms with Crippen LogP contribution in [0.1, 0.15) is 43.7 Å². The summed E-state index contributed by atoms with van der Waals surface area (Å²) in [4.78, 5) is 25.5. The molecule has 1 heterocycles. The largest absolute Gasteiger partial charge is 0.493 e. The van der Waals surface area contributed by atoms with Crippen molar-refractivity contribution in [1.29, 1.82) is 0 Å². The number of anilines is 1. The van der Waals surface area contributed by atoms with E-state index in [0.717, 1.165) is 31.2 Å². The number of hydrogen-bond donors (Lipinski definition) is 2. The second kappa shape index (κ2) is 9.99. The molecule has 2 aliphatic rings. The van der Waals surface area contributed by atoms with Crippen LogP contribution >= 0.6 is 0 Å². The number of methoxy groups -OCH3 is 2. The van der Waals surface area contributed by atoms with Gasteiger partial charge in [0.15, 0.2) is 11.5 Å². The highest BCUT2D eigenvalue weighted by Crippen LogP contribution is 2.50. The molecule has 182 valence electrons. The van der Waals surface area contributed by atoms with Crippen molar-refractivity contribution in [3.8, 4) is 11.5 Å². The summed E-state index contributed by atoms with van der Waals surface area (Å²) in [7, 11) is 3.18. The van der Waals surface area contributed by atoms with Gasteiger partial charge in [0.1, 0.15) is 0 Å². The number of nitro benzene ring substituents is 1. The van der Waals surface area contributed by atoms with E-state index in [1.807, 2.05) is 18.2 Å². The minimum Gasteiger partial charge on any atom is -0.493 e. The number of aliphatic hydroxyl groups is 1. The maximum atomic E-state index is 12.9. The zero-order valence-corrected chi connectivity index (χ0v) is 19.5. The first-order valence-electron chi connectivity index (χ1n) is 11.6. The Balaban J connectivity index is 1.58. The number of piperidine rings is 1. The lowest BCUT2D eigenvalue weighted by atomic mass is 9.66. The third-order valence-corrected chi connectivity index (χ3v) is 7.13. The van der Waals surface area contributed by atoms with E-state index in [-0.39, 0.29) is 30.1 Å². The number of carbonyl (C=O) groups is 1. The molecule has 2 fully saturated rings. The molecule has 2 aromatic rings. The molecule has 1 aliphatic carbocycles. The lowest BCUT2D eigenvalue weighted by molar-refractivity contribution is -0.384.